The fourth-order valence-corrected chi connectivity index (χ4v) is 5.72. The number of hydrogen-bond acceptors (Lipinski definition) is 8. The summed E-state index contributed by atoms with van der Waals surface area (Å²) in [7, 11) is -3.47. The maximum absolute atomic E-state index is 12.3. The molecule has 33 heavy (non-hydrogen) atoms. The van der Waals surface area contributed by atoms with Crippen LogP contribution in [0.2, 0.25) is 0 Å². The van der Waals surface area contributed by atoms with Crippen molar-refractivity contribution >= 4 is 31.6 Å². The van der Waals surface area contributed by atoms with Gasteiger partial charge >= 0.3 is 0 Å². The largest absolute Gasteiger partial charge is 0.491 e. The molecule has 0 bridgehead atoms. The number of aliphatic hydroxyl groups is 1. The molecule has 178 valence electrons. The first-order valence-electron chi connectivity index (χ1n) is 11.1. The molecule has 2 N–H and O–H groups in total. The molecule has 10 heteroatoms. The van der Waals surface area contributed by atoms with Crippen LogP contribution in [0, 0.1) is 6.92 Å². The zero-order valence-electron chi connectivity index (χ0n) is 18.7. The minimum absolute atomic E-state index is 0.232. The van der Waals surface area contributed by atoms with Gasteiger partial charge in [0.05, 0.1) is 20.1 Å². The number of nitrogens with one attached hydrogen (secondary N) is 1. The molecule has 1 aliphatic heterocycles. The standard InChI is InChI=1S/C23H30N4O4S2/c1-18-25-22-15-20(7-8-23(22)32-18)31-17-19(28)16-27-13-11-26(12-14-27)10-9-24-33(29,30)21-5-3-2-4-6-21/h2-8,15,19,24,28H,9-14,16-17H2,1H3/t19-/m1/s1. The van der Waals surface area contributed by atoms with Gasteiger partial charge in [0.15, 0.2) is 0 Å². The molecule has 2 aromatic carbocycles. The molecule has 0 spiro atoms. The molecule has 3 aromatic rings. The van der Waals surface area contributed by atoms with Gasteiger partial charge in [-0.2, -0.15) is 0 Å². The second-order valence-electron chi connectivity index (χ2n) is 8.18. The molecule has 1 aliphatic rings. The van der Waals surface area contributed by atoms with E-state index in [9.17, 15) is 13.5 Å². The van der Waals surface area contributed by atoms with Crippen molar-refractivity contribution in [2.45, 2.75) is 17.9 Å². The van der Waals surface area contributed by atoms with E-state index in [1.807, 2.05) is 25.1 Å². The van der Waals surface area contributed by atoms with Gasteiger partial charge in [-0.25, -0.2) is 18.1 Å². The summed E-state index contributed by atoms with van der Waals surface area (Å²) in [6.07, 6.45) is -0.581. The van der Waals surface area contributed by atoms with Crippen LogP contribution in [0.3, 0.4) is 0 Å². The Morgan fingerprint density at radius 2 is 1.85 bits per heavy atom. The molecule has 1 saturated heterocycles. The normalized spacial score (nSPS) is 16.8. The molecule has 0 radical (unpaired) electrons. The Bertz CT molecular complexity index is 1150. The smallest absolute Gasteiger partial charge is 0.240 e. The van der Waals surface area contributed by atoms with E-state index in [0.29, 0.717) is 19.6 Å². The fourth-order valence-electron chi connectivity index (χ4n) is 3.87. The number of sulfonamides is 1. The predicted octanol–water partition coefficient (Wildman–Crippen LogP) is 1.94. The van der Waals surface area contributed by atoms with Crippen LogP contribution in [0.4, 0.5) is 0 Å². The lowest BCUT2D eigenvalue weighted by molar-refractivity contribution is 0.0465. The molecular weight excluding hydrogens is 460 g/mol. The van der Waals surface area contributed by atoms with Gasteiger partial charge in [0, 0.05) is 51.9 Å². The summed E-state index contributed by atoms with van der Waals surface area (Å²) < 4.78 is 34.2. The molecule has 1 atom stereocenters. The number of aliphatic hydroxyl groups excluding tert-OH is 1. The number of aromatic nitrogens is 1. The third-order valence-electron chi connectivity index (χ3n) is 5.62. The first-order chi connectivity index (χ1) is 15.9. The number of benzene rings is 2. The fraction of sp³-hybridized carbons (Fsp3) is 0.435. The highest BCUT2D eigenvalue weighted by Gasteiger charge is 2.20. The van der Waals surface area contributed by atoms with Crippen molar-refractivity contribution in [3.8, 4) is 5.75 Å². The molecule has 0 amide bonds. The van der Waals surface area contributed by atoms with E-state index in [2.05, 4.69) is 19.5 Å². The average Bonchev–Trinajstić information content (AvgIpc) is 3.18. The minimum Gasteiger partial charge on any atom is -0.491 e. The van der Waals surface area contributed by atoms with Gasteiger partial charge in [-0.3, -0.25) is 9.80 Å². The van der Waals surface area contributed by atoms with Crippen LogP contribution in [0.25, 0.3) is 10.2 Å². The highest BCUT2D eigenvalue weighted by atomic mass is 32.2. The zero-order chi connectivity index (χ0) is 23.3. The second-order valence-corrected chi connectivity index (χ2v) is 11.2. The van der Waals surface area contributed by atoms with Crippen LogP contribution in [-0.2, 0) is 10.0 Å². The number of ether oxygens (including phenoxy) is 1. The van der Waals surface area contributed by atoms with E-state index in [0.717, 1.165) is 47.2 Å². The third kappa shape index (κ3) is 6.72. The van der Waals surface area contributed by atoms with Gasteiger partial charge in [0.1, 0.15) is 18.5 Å². The number of rotatable bonds is 10. The number of β-amino-alcohol motifs (C(OH)–C–C–N with tert-alkyl or cyclic N) is 1. The number of fused-ring (bicyclic) bond motifs is 1. The number of nitrogens with zero attached hydrogens (tertiary/aromatic N) is 3. The lowest BCUT2D eigenvalue weighted by Gasteiger charge is -2.35. The molecule has 1 aromatic heterocycles. The number of piperazine rings is 1. The Hall–Kier alpha value is -2.08. The van der Waals surface area contributed by atoms with Crippen molar-refractivity contribution < 1.29 is 18.3 Å². The van der Waals surface area contributed by atoms with Crippen molar-refractivity contribution in [2.24, 2.45) is 0 Å². The Morgan fingerprint density at radius 1 is 1.12 bits per heavy atom. The monoisotopic (exact) mass is 490 g/mol. The van der Waals surface area contributed by atoms with E-state index in [4.69, 9.17) is 4.74 Å². The summed E-state index contributed by atoms with van der Waals surface area (Å²) in [5.74, 6) is 0.717. The summed E-state index contributed by atoms with van der Waals surface area (Å²) in [5.41, 5.74) is 0.923. The van der Waals surface area contributed by atoms with E-state index in [-0.39, 0.29) is 11.5 Å². The summed E-state index contributed by atoms with van der Waals surface area (Å²) in [5, 5.41) is 11.4. The van der Waals surface area contributed by atoms with Crippen LogP contribution >= 0.6 is 11.3 Å². The van der Waals surface area contributed by atoms with Crippen LogP contribution in [0.15, 0.2) is 53.4 Å². The van der Waals surface area contributed by atoms with Crippen molar-refractivity contribution in [3.05, 3.63) is 53.5 Å². The van der Waals surface area contributed by atoms with E-state index in [1.54, 1.807) is 41.7 Å². The van der Waals surface area contributed by atoms with Gasteiger partial charge in [0.2, 0.25) is 10.0 Å². The molecule has 4 rings (SSSR count). The van der Waals surface area contributed by atoms with Crippen molar-refractivity contribution in [1.82, 2.24) is 19.5 Å². The van der Waals surface area contributed by atoms with Crippen molar-refractivity contribution in [1.29, 1.82) is 0 Å². The molecule has 1 fully saturated rings. The summed E-state index contributed by atoms with van der Waals surface area (Å²) in [6.45, 7) is 7.11. The van der Waals surface area contributed by atoms with Crippen LogP contribution in [0.1, 0.15) is 5.01 Å². The summed E-state index contributed by atoms with van der Waals surface area (Å²) in [6, 6.07) is 14.2. The second kappa shape index (κ2) is 10.9. The summed E-state index contributed by atoms with van der Waals surface area (Å²) >= 11 is 1.65. The molecule has 0 saturated carbocycles. The van der Waals surface area contributed by atoms with E-state index in [1.165, 1.54) is 0 Å². The maximum Gasteiger partial charge on any atom is 0.240 e. The summed E-state index contributed by atoms with van der Waals surface area (Å²) in [4.78, 5) is 9.21. The minimum atomic E-state index is -3.47. The predicted molar refractivity (Wildman–Crippen MR) is 130 cm³/mol. The van der Waals surface area contributed by atoms with Crippen LogP contribution in [-0.4, -0.2) is 86.8 Å². The van der Waals surface area contributed by atoms with Crippen molar-refractivity contribution in [2.75, 3.05) is 52.4 Å². The lowest BCUT2D eigenvalue weighted by Crippen LogP contribution is -2.50. The highest BCUT2D eigenvalue weighted by Crippen LogP contribution is 2.25. The molecule has 0 aliphatic carbocycles. The molecule has 8 nitrogen and oxygen atoms in total. The van der Waals surface area contributed by atoms with Crippen molar-refractivity contribution in [3.63, 3.8) is 0 Å². The number of thiazole rings is 1. The molecular formula is C23H30N4O4S2. The Balaban J connectivity index is 1.14. The van der Waals surface area contributed by atoms with Gasteiger partial charge in [-0.1, -0.05) is 18.2 Å². The van der Waals surface area contributed by atoms with Crippen LogP contribution < -0.4 is 9.46 Å². The Morgan fingerprint density at radius 3 is 2.61 bits per heavy atom. The quantitative estimate of drug-likeness (QED) is 0.449. The van der Waals surface area contributed by atoms with Gasteiger partial charge in [-0.15, -0.1) is 11.3 Å². The molecule has 0 unspecified atom stereocenters. The van der Waals surface area contributed by atoms with E-state index >= 15 is 0 Å². The topological polar surface area (TPSA) is 95.0 Å². The number of aryl methyl sites for hydroxylation is 1. The molecule has 2 heterocycles. The van der Waals surface area contributed by atoms with Crippen LogP contribution in [0.5, 0.6) is 5.75 Å². The maximum atomic E-state index is 12.3. The first-order valence-corrected chi connectivity index (χ1v) is 13.4. The van der Waals surface area contributed by atoms with Gasteiger partial charge in [0.25, 0.3) is 0 Å². The third-order valence-corrected chi connectivity index (χ3v) is 8.04. The van der Waals surface area contributed by atoms with Gasteiger partial charge < -0.3 is 9.84 Å². The Kier molecular flexibility index (Phi) is 7.94. The Labute approximate surface area is 198 Å². The zero-order valence-corrected chi connectivity index (χ0v) is 20.3. The van der Waals surface area contributed by atoms with Gasteiger partial charge in [-0.05, 0) is 31.2 Å². The first kappa shape index (κ1) is 24.1. The SMILES string of the molecule is Cc1nc2cc(OC[C@H](O)CN3CCN(CCNS(=O)(=O)c4ccccc4)CC3)ccc2s1. The lowest BCUT2D eigenvalue weighted by atomic mass is 10.2. The van der Waals surface area contributed by atoms with E-state index < -0.39 is 16.1 Å². The average molecular weight is 491 g/mol. The number of hydrogen-bond donors (Lipinski definition) is 2. The highest BCUT2D eigenvalue weighted by molar-refractivity contribution is 7.89.